The summed E-state index contributed by atoms with van der Waals surface area (Å²) in [5.74, 6) is -0.548. The van der Waals surface area contributed by atoms with Crippen LogP contribution in [0.2, 0.25) is 0 Å². The summed E-state index contributed by atoms with van der Waals surface area (Å²) in [6, 6.07) is 6.68. The lowest BCUT2D eigenvalue weighted by Crippen LogP contribution is -2.44. The second-order valence-corrected chi connectivity index (χ2v) is 3.94. The molecule has 0 aliphatic carbocycles. The van der Waals surface area contributed by atoms with Gasteiger partial charge in [-0.2, -0.15) is 0 Å². The van der Waals surface area contributed by atoms with Gasteiger partial charge in [-0.15, -0.1) is 12.4 Å². The quantitative estimate of drug-likeness (QED) is 0.812. The highest BCUT2D eigenvalue weighted by Gasteiger charge is 2.29. The number of hydrogen-bond donors (Lipinski definition) is 1. The van der Waals surface area contributed by atoms with Gasteiger partial charge in [-0.3, -0.25) is 9.59 Å². The zero-order valence-corrected chi connectivity index (χ0v) is 10.8. The number of rotatable bonds is 3. The number of carbonyl (C=O) groups is 2. The number of esters is 1. The maximum atomic E-state index is 11.8. The van der Waals surface area contributed by atoms with Crippen molar-refractivity contribution in [2.24, 2.45) is 5.73 Å². The molecule has 1 atom stereocenters. The largest absolute Gasteiger partial charge is 0.468 e. The molecule has 0 saturated carbocycles. The Morgan fingerprint density at radius 3 is 2.83 bits per heavy atom. The summed E-state index contributed by atoms with van der Waals surface area (Å²) in [4.78, 5) is 24.6. The fourth-order valence-corrected chi connectivity index (χ4v) is 1.94. The third kappa shape index (κ3) is 2.63. The van der Waals surface area contributed by atoms with Gasteiger partial charge in [-0.25, -0.2) is 0 Å². The minimum absolute atomic E-state index is 0. The van der Waals surface area contributed by atoms with Crippen LogP contribution in [-0.2, 0) is 20.7 Å². The molecule has 1 aliphatic heterocycles. The van der Waals surface area contributed by atoms with Gasteiger partial charge in [0, 0.05) is 5.69 Å². The monoisotopic (exact) mass is 270 g/mol. The lowest BCUT2D eigenvalue weighted by molar-refractivity contribution is -0.141. The number of nitrogens with two attached hydrogens (primary N) is 1. The van der Waals surface area contributed by atoms with E-state index in [1.165, 1.54) is 12.0 Å². The van der Waals surface area contributed by atoms with Crippen LogP contribution in [0.25, 0.3) is 0 Å². The first-order valence-corrected chi connectivity index (χ1v) is 5.35. The van der Waals surface area contributed by atoms with E-state index in [0.717, 1.165) is 11.3 Å². The zero-order valence-electron chi connectivity index (χ0n) is 9.96. The number of ether oxygens (including phenoxy) is 1. The highest BCUT2D eigenvalue weighted by atomic mass is 35.5. The normalized spacial score (nSPS) is 14.8. The third-order valence-corrected chi connectivity index (χ3v) is 2.81. The lowest BCUT2D eigenvalue weighted by Gasteiger charge is -2.20. The van der Waals surface area contributed by atoms with Crippen LogP contribution < -0.4 is 10.6 Å². The second-order valence-electron chi connectivity index (χ2n) is 3.94. The minimum atomic E-state index is -0.810. The van der Waals surface area contributed by atoms with Crippen molar-refractivity contribution in [3.63, 3.8) is 0 Å². The van der Waals surface area contributed by atoms with E-state index in [1.54, 1.807) is 0 Å². The van der Waals surface area contributed by atoms with Crippen molar-refractivity contribution in [2.45, 2.75) is 12.5 Å². The smallest absolute Gasteiger partial charge is 0.324 e. The number of amides is 1. The van der Waals surface area contributed by atoms with Gasteiger partial charge < -0.3 is 15.4 Å². The van der Waals surface area contributed by atoms with E-state index in [0.29, 0.717) is 6.42 Å². The van der Waals surface area contributed by atoms with E-state index in [2.05, 4.69) is 4.74 Å². The molecule has 5 nitrogen and oxygen atoms in total. The molecule has 6 heteroatoms. The molecule has 0 bridgehead atoms. The molecule has 0 spiro atoms. The first-order valence-electron chi connectivity index (χ1n) is 5.35. The van der Waals surface area contributed by atoms with Crippen LogP contribution in [-0.4, -0.2) is 31.6 Å². The van der Waals surface area contributed by atoms with Gasteiger partial charge in [0.25, 0.3) is 0 Å². The Balaban J connectivity index is 0.00000162. The van der Waals surface area contributed by atoms with Crippen LogP contribution in [0.5, 0.6) is 0 Å². The average molecular weight is 271 g/mol. The average Bonchev–Trinajstić information content (AvgIpc) is 2.65. The van der Waals surface area contributed by atoms with E-state index in [1.807, 2.05) is 24.3 Å². The van der Waals surface area contributed by atoms with Gasteiger partial charge in [0.05, 0.1) is 20.1 Å². The molecular formula is C12H15ClN2O3. The van der Waals surface area contributed by atoms with Gasteiger partial charge in [0.15, 0.2) is 0 Å². The van der Waals surface area contributed by atoms with Crippen molar-refractivity contribution in [2.75, 3.05) is 18.6 Å². The molecule has 0 saturated heterocycles. The molecule has 1 aliphatic rings. The van der Waals surface area contributed by atoms with Gasteiger partial charge >= 0.3 is 5.97 Å². The first-order chi connectivity index (χ1) is 8.13. The topological polar surface area (TPSA) is 72.6 Å². The fourth-order valence-electron chi connectivity index (χ4n) is 1.94. The number of hydrogen-bond acceptors (Lipinski definition) is 4. The van der Waals surface area contributed by atoms with Crippen LogP contribution in [0.3, 0.4) is 0 Å². The zero-order chi connectivity index (χ0) is 12.4. The fraction of sp³-hybridized carbons (Fsp3) is 0.333. The number of benzene rings is 1. The Kier molecular flexibility index (Phi) is 4.69. The van der Waals surface area contributed by atoms with Crippen molar-refractivity contribution in [3.05, 3.63) is 29.8 Å². The van der Waals surface area contributed by atoms with Crippen molar-refractivity contribution in [1.29, 1.82) is 0 Å². The number of para-hydroxylation sites is 1. The summed E-state index contributed by atoms with van der Waals surface area (Å²) < 4.78 is 4.54. The molecule has 1 heterocycles. The Morgan fingerprint density at radius 1 is 1.50 bits per heavy atom. The Bertz CT molecular complexity index is 464. The van der Waals surface area contributed by atoms with E-state index < -0.39 is 12.0 Å². The molecule has 0 unspecified atom stereocenters. The SMILES string of the molecule is COC(=O)[C@@H](N)CN1C(=O)Cc2ccccc21.Cl. The van der Waals surface area contributed by atoms with E-state index in [9.17, 15) is 9.59 Å². The molecule has 2 rings (SSSR count). The van der Waals surface area contributed by atoms with Crippen LogP contribution in [0.15, 0.2) is 24.3 Å². The van der Waals surface area contributed by atoms with Crippen LogP contribution >= 0.6 is 12.4 Å². The molecule has 0 fully saturated rings. The first kappa shape index (κ1) is 14.5. The molecule has 1 aromatic rings. The Morgan fingerprint density at radius 2 is 2.17 bits per heavy atom. The van der Waals surface area contributed by atoms with Crippen molar-refractivity contribution < 1.29 is 14.3 Å². The van der Waals surface area contributed by atoms with Crippen LogP contribution in [0, 0.1) is 0 Å². The van der Waals surface area contributed by atoms with Gasteiger partial charge in [0.2, 0.25) is 5.91 Å². The summed E-state index contributed by atoms with van der Waals surface area (Å²) in [6.45, 7) is 0.155. The number of anilines is 1. The predicted octanol–water partition coefficient (Wildman–Crippen LogP) is 0.498. The number of nitrogens with zero attached hydrogens (tertiary/aromatic N) is 1. The molecular weight excluding hydrogens is 256 g/mol. The summed E-state index contributed by atoms with van der Waals surface area (Å²) >= 11 is 0. The molecule has 98 valence electrons. The number of methoxy groups -OCH3 is 1. The number of halogens is 1. The van der Waals surface area contributed by atoms with Crippen molar-refractivity contribution in [1.82, 2.24) is 0 Å². The van der Waals surface area contributed by atoms with Gasteiger partial charge in [-0.05, 0) is 11.6 Å². The molecule has 1 amide bonds. The Hall–Kier alpha value is -1.59. The van der Waals surface area contributed by atoms with Crippen LogP contribution in [0.1, 0.15) is 5.56 Å². The number of fused-ring (bicyclic) bond motifs is 1. The van der Waals surface area contributed by atoms with Crippen molar-refractivity contribution >= 4 is 30.0 Å². The highest BCUT2D eigenvalue weighted by molar-refractivity contribution is 6.02. The maximum Gasteiger partial charge on any atom is 0.324 e. The number of carbonyl (C=O) groups excluding carboxylic acids is 2. The molecule has 2 N–H and O–H groups in total. The van der Waals surface area contributed by atoms with Gasteiger partial charge in [-0.1, -0.05) is 18.2 Å². The van der Waals surface area contributed by atoms with E-state index in [-0.39, 0.29) is 24.9 Å². The Labute approximate surface area is 111 Å². The maximum absolute atomic E-state index is 11.8. The van der Waals surface area contributed by atoms with Crippen molar-refractivity contribution in [3.8, 4) is 0 Å². The highest BCUT2D eigenvalue weighted by Crippen LogP contribution is 2.28. The predicted molar refractivity (Wildman–Crippen MR) is 69.7 cm³/mol. The summed E-state index contributed by atoms with van der Waals surface area (Å²) in [7, 11) is 1.28. The van der Waals surface area contributed by atoms with E-state index >= 15 is 0 Å². The van der Waals surface area contributed by atoms with Crippen LogP contribution in [0.4, 0.5) is 5.69 Å². The molecule has 18 heavy (non-hydrogen) atoms. The standard InChI is InChI=1S/C12H14N2O3.ClH/c1-17-12(16)9(13)7-14-10-5-3-2-4-8(10)6-11(14)15;/h2-5,9H,6-7,13H2,1H3;1H/t9-;/m0./s1. The van der Waals surface area contributed by atoms with E-state index in [4.69, 9.17) is 5.73 Å². The third-order valence-electron chi connectivity index (χ3n) is 2.81. The molecule has 1 aromatic carbocycles. The minimum Gasteiger partial charge on any atom is -0.468 e. The summed E-state index contributed by atoms with van der Waals surface area (Å²) in [5.41, 5.74) is 7.46. The second kappa shape index (κ2) is 5.84. The summed E-state index contributed by atoms with van der Waals surface area (Å²) in [5, 5.41) is 0. The lowest BCUT2D eigenvalue weighted by atomic mass is 10.2. The molecule has 0 aromatic heterocycles. The summed E-state index contributed by atoms with van der Waals surface area (Å²) in [6.07, 6.45) is 0.365. The van der Waals surface area contributed by atoms with Gasteiger partial charge in [0.1, 0.15) is 6.04 Å². The molecule has 0 radical (unpaired) electrons.